The van der Waals surface area contributed by atoms with Crippen LogP contribution in [0, 0.1) is 0 Å². The highest BCUT2D eigenvalue weighted by atomic mass is 16.5. The maximum absolute atomic E-state index is 11.2. The lowest BCUT2D eigenvalue weighted by atomic mass is 10.2. The van der Waals surface area contributed by atoms with Crippen LogP contribution in [0.5, 0.6) is 11.5 Å². The van der Waals surface area contributed by atoms with E-state index in [0.29, 0.717) is 11.4 Å². The molecule has 0 fully saturated rings. The zero-order chi connectivity index (χ0) is 16.8. The average Bonchev–Trinajstić information content (AvgIpc) is 2.61. The molecule has 3 aromatic rings. The fourth-order valence-electron chi connectivity index (χ4n) is 2.08. The standard InChI is InChI=1S/C19H14N2O3/c22-19(23)17-11-4-5-12-18(17)24-16-10-6-9-15(13-16)21-20-14-7-2-1-3-8-14/h1-13H,(H,22,23). The molecule has 0 aliphatic carbocycles. The Bertz CT molecular complexity index is 877. The minimum absolute atomic E-state index is 0.105. The molecule has 0 aromatic heterocycles. The minimum Gasteiger partial charge on any atom is -0.478 e. The number of benzene rings is 3. The minimum atomic E-state index is -1.04. The molecule has 0 heterocycles. The molecule has 0 aliphatic rings. The van der Waals surface area contributed by atoms with E-state index in [4.69, 9.17) is 4.74 Å². The van der Waals surface area contributed by atoms with E-state index in [0.717, 1.165) is 5.69 Å². The molecule has 0 bridgehead atoms. The van der Waals surface area contributed by atoms with Gasteiger partial charge in [-0.3, -0.25) is 0 Å². The molecular weight excluding hydrogens is 304 g/mol. The van der Waals surface area contributed by atoms with Crippen molar-refractivity contribution < 1.29 is 14.6 Å². The van der Waals surface area contributed by atoms with Crippen LogP contribution in [0.3, 0.4) is 0 Å². The summed E-state index contributed by atoms with van der Waals surface area (Å²) in [7, 11) is 0. The molecule has 0 amide bonds. The van der Waals surface area contributed by atoms with E-state index in [9.17, 15) is 9.90 Å². The van der Waals surface area contributed by atoms with Gasteiger partial charge in [0.2, 0.25) is 0 Å². The topological polar surface area (TPSA) is 71.2 Å². The number of aromatic carboxylic acids is 1. The fraction of sp³-hybridized carbons (Fsp3) is 0. The Morgan fingerprint density at radius 2 is 1.46 bits per heavy atom. The van der Waals surface area contributed by atoms with Crippen LogP contribution in [0.15, 0.2) is 89.1 Å². The quantitative estimate of drug-likeness (QED) is 0.623. The number of nitrogens with zero attached hydrogens (tertiary/aromatic N) is 2. The first-order valence-electron chi connectivity index (χ1n) is 7.29. The molecule has 0 atom stereocenters. The normalized spacial score (nSPS) is 10.7. The van der Waals surface area contributed by atoms with Gasteiger partial charge in [-0.15, -0.1) is 0 Å². The summed E-state index contributed by atoms with van der Waals surface area (Å²) in [4.78, 5) is 11.2. The van der Waals surface area contributed by atoms with Crippen molar-refractivity contribution in [2.24, 2.45) is 10.2 Å². The zero-order valence-electron chi connectivity index (χ0n) is 12.7. The largest absolute Gasteiger partial charge is 0.478 e. The van der Waals surface area contributed by atoms with E-state index in [1.807, 2.05) is 30.3 Å². The van der Waals surface area contributed by atoms with Crippen LogP contribution in [0.2, 0.25) is 0 Å². The number of azo groups is 1. The summed E-state index contributed by atoms with van der Waals surface area (Å²) in [5.41, 5.74) is 1.47. The highest BCUT2D eigenvalue weighted by molar-refractivity contribution is 5.90. The van der Waals surface area contributed by atoms with Crippen LogP contribution < -0.4 is 4.74 Å². The second kappa shape index (κ2) is 7.19. The van der Waals surface area contributed by atoms with Gasteiger partial charge in [-0.05, 0) is 36.4 Å². The third-order valence-corrected chi connectivity index (χ3v) is 3.20. The van der Waals surface area contributed by atoms with E-state index < -0.39 is 5.97 Å². The van der Waals surface area contributed by atoms with Gasteiger partial charge in [-0.2, -0.15) is 10.2 Å². The van der Waals surface area contributed by atoms with Gasteiger partial charge >= 0.3 is 5.97 Å². The van der Waals surface area contributed by atoms with Gasteiger partial charge < -0.3 is 9.84 Å². The van der Waals surface area contributed by atoms with E-state index in [-0.39, 0.29) is 11.3 Å². The van der Waals surface area contributed by atoms with Crippen molar-refractivity contribution in [1.82, 2.24) is 0 Å². The number of rotatable bonds is 5. The highest BCUT2D eigenvalue weighted by Crippen LogP contribution is 2.28. The van der Waals surface area contributed by atoms with Gasteiger partial charge in [0, 0.05) is 6.07 Å². The maximum Gasteiger partial charge on any atom is 0.339 e. The molecule has 3 aromatic carbocycles. The molecule has 24 heavy (non-hydrogen) atoms. The van der Waals surface area contributed by atoms with E-state index in [2.05, 4.69) is 10.2 Å². The molecule has 0 aliphatic heterocycles. The number of ether oxygens (including phenoxy) is 1. The summed E-state index contributed by atoms with van der Waals surface area (Å²) in [6, 6.07) is 22.9. The van der Waals surface area contributed by atoms with Crippen molar-refractivity contribution in [2.45, 2.75) is 0 Å². The molecule has 0 radical (unpaired) electrons. The number of carboxylic acid groups (broad SMARTS) is 1. The Balaban J connectivity index is 1.81. The summed E-state index contributed by atoms with van der Waals surface area (Å²) >= 11 is 0. The Hall–Kier alpha value is -3.47. The lowest BCUT2D eigenvalue weighted by molar-refractivity contribution is 0.0694. The zero-order valence-corrected chi connectivity index (χ0v) is 12.7. The third-order valence-electron chi connectivity index (χ3n) is 3.20. The van der Waals surface area contributed by atoms with Gasteiger partial charge in [-0.25, -0.2) is 4.79 Å². The fourth-order valence-corrected chi connectivity index (χ4v) is 2.08. The van der Waals surface area contributed by atoms with Gasteiger partial charge in [0.15, 0.2) is 0 Å². The number of hydrogen-bond acceptors (Lipinski definition) is 4. The van der Waals surface area contributed by atoms with Crippen molar-refractivity contribution in [3.63, 3.8) is 0 Å². The van der Waals surface area contributed by atoms with Crippen LogP contribution >= 0.6 is 0 Å². The highest BCUT2D eigenvalue weighted by Gasteiger charge is 2.11. The van der Waals surface area contributed by atoms with Crippen LogP contribution in [0.1, 0.15) is 10.4 Å². The predicted octanol–water partition coefficient (Wildman–Crippen LogP) is 5.59. The average molecular weight is 318 g/mol. The molecule has 5 heteroatoms. The van der Waals surface area contributed by atoms with Gasteiger partial charge in [-0.1, -0.05) is 36.4 Å². The van der Waals surface area contributed by atoms with E-state index in [1.165, 1.54) is 6.07 Å². The smallest absolute Gasteiger partial charge is 0.339 e. The second-order valence-electron chi connectivity index (χ2n) is 4.94. The van der Waals surface area contributed by atoms with Gasteiger partial charge in [0.25, 0.3) is 0 Å². The Labute approximate surface area is 138 Å². The maximum atomic E-state index is 11.2. The Kier molecular flexibility index (Phi) is 4.62. The Morgan fingerprint density at radius 3 is 2.25 bits per heavy atom. The van der Waals surface area contributed by atoms with Crippen LogP contribution in [-0.2, 0) is 0 Å². The van der Waals surface area contributed by atoms with E-state index >= 15 is 0 Å². The SMILES string of the molecule is O=C(O)c1ccccc1Oc1cccc(N=Nc2ccccc2)c1. The summed E-state index contributed by atoms with van der Waals surface area (Å²) in [5, 5.41) is 17.5. The molecule has 0 saturated heterocycles. The van der Waals surface area contributed by atoms with Crippen molar-refractivity contribution in [3.05, 3.63) is 84.4 Å². The van der Waals surface area contributed by atoms with E-state index in [1.54, 1.807) is 42.5 Å². The molecule has 118 valence electrons. The third kappa shape index (κ3) is 3.84. The molecule has 3 rings (SSSR count). The first-order valence-corrected chi connectivity index (χ1v) is 7.29. The molecule has 0 saturated carbocycles. The number of carbonyl (C=O) groups is 1. The molecule has 0 spiro atoms. The van der Waals surface area contributed by atoms with Crippen molar-refractivity contribution >= 4 is 17.3 Å². The number of carboxylic acids is 1. The molecule has 0 unspecified atom stereocenters. The van der Waals surface area contributed by atoms with Crippen LogP contribution in [-0.4, -0.2) is 11.1 Å². The Morgan fingerprint density at radius 1 is 0.792 bits per heavy atom. The second-order valence-corrected chi connectivity index (χ2v) is 4.94. The molecule has 5 nitrogen and oxygen atoms in total. The number of para-hydroxylation sites is 1. The van der Waals surface area contributed by atoms with Crippen molar-refractivity contribution in [3.8, 4) is 11.5 Å². The van der Waals surface area contributed by atoms with Crippen molar-refractivity contribution in [1.29, 1.82) is 0 Å². The lowest BCUT2D eigenvalue weighted by Crippen LogP contribution is -1.99. The van der Waals surface area contributed by atoms with Crippen LogP contribution in [0.25, 0.3) is 0 Å². The molecule has 1 N–H and O–H groups in total. The first-order chi connectivity index (χ1) is 11.7. The van der Waals surface area contributed by atoms with Gasteiger partial charge in [0.1, 0.15) is 17.1 Å². The monoisotopic (exact) mass is 318 g/mol. The predicted molar refractivity (Wildman–Crippen MR) is 90.5 cm³/mol. The lowest BCUT2D eigenvalue weighted by Gasteiger charge is -2.08. The van der Waals surface area contributed by atoms with Gasteiger partial charge in [0.05, 0.1) is 11.4 Å². The number of hydrogen-bond donors (Lipinski definition) is 1. The summed E-state index contributed by atoms with van der Waals surface area (Å²) in [5.74, 6) is -0.263. The summed E-state index contributed by atoms with van der Waals surface area (Å²) < 4.78 is 5.68. The van der Waals surface area contributed by atoms with Crippen LogP contribution in [0.4, 0.5) is 11.4 Å². The molecular formula is C19H14N2O3. The summed E-state index contributed by atoms with van der Waals surface area (Å²) in [6.07, 6.45) is 0. The van der Waals surface area contributed by atoms with Crippen molar-refractivity contribution in [2.75, 3.05) is 0 Å². The first kappa shape index (κ1) is 15.4. The summed E-state index contributed by atoms with van der Waals surface area (Å²) in [6.45, 7) is 0.